The van der Waals surface area contributed by atoms with Crippen LogP contribution in [0.2, 0.25) is 0 Å². The van der Waals surface area contributed by atoms with Crippen LogP contribution < -0.4 is 10.9 Å². The Labute approximate surface area is 154 Å². The van der Waals surface area contributed by atoms with E-state index in [1.54, 1.807) is 42.9 Å². The van der Waals surface area contributed by atoms with Gasteiger partial charge in [0, 0.05) is 23.2 Å². The van der Waals surface area contributed by atoms with E-state index in [2.05, 4.69) is 15.5 Å². The van der Waals surface area contributed by atoms with Crippen LogP contribution in [-0.4, -0.2) is 21.7 Å². The maximum Gasteiger partial charge on any atom is 0.260 e. The van der Waals surface area contributed by atoms with Crippen molar-refractivity contribution in [2.24, 2.45) is 5.10 Å². The zero-order chi connectivity index (χ0) is 18.6. The predicted molar refractivity (Wildman–Crippen MR) is 106 cm³/mol. The van der Waals surface area contributed by atoms with Gasteiger partial charge < -0.3 is 4.57 Å². The molecule has 0 saturated carbocycles. The van der Waals surface area contributed by atoms with Crippen LogP contribution in [0.25, 0.3) is 21.8 Å². The summed E-state index contributed by atoms with van der Waals surface area (Å²) in [6.45, 7) is 0.0506. The van der Waals surface area contributed by atoms with E-state index in [9.17, 15) is 9.59 Å². The van der Waals surface area contributed by atoms with Crippen molar-refractivity contribution < 1.29 is 4.79 Å². The number of aromatic nitrogens is 2. The van der Waals surface area contributed by atoms with Gasteiger partial charge in [-0.05, 0) is 42.0 Å². The van der Waals surface area contributed by atoms with Crippen molar-refractivity contribution >= 4 is 33.9 Å². The number of carbonyl (C=O) groups is 1. The smallest absolute Gasteiger partial charge is 0.260 e. The SMILES string of the molecule is O=C(Cn1c2ccccc2c(=O)c2ccccc21)N/N=C\c1ccncc1. The van der Waals surface area contributed by atoms with Crippen LogP contribution >= 0.6 is 0 Å². The number of nitrogens with one attached hydrogen (secondary N) is 1. The minimum absolute atomic E-state index is 0.0337. The number of rotatable bonds is 4. The molecule has 132 valence electrons. The summed E-state index contributed by atoms with van der Waals surface area (Å²) in [4.78, 5) is 29.1. The standard InChI is InChI=1S/C21H16N4O2/c26-20(24-23-13-15-9-11-22-12-10-15)14-25-18-7-3-1-5-16(18)21(27)17-6-2-4-8-19(17)25/h1-13H,14H2,(H,24,26)/b23-13-. The minimum atomic E-state index is -0.278. The molecule has 0 radical (unpaired) electrons. The van der Waals surface area contributed by atoms with Crippen LogP contribution in [0.4, 0.5) is 0 Å². The Kier molecular flexibility index (Phi) is 4.45. The zero-order valence-electron chi connectivity index (χ0n) is 14.4. The summed E-state index contributed by atoms with van der Waals surface area (Å²) in [7, 11) is 0. The number of fused-ring (bicyclic) bond motifs is 2. The van der Waals surface area contributed by atoms with E-state index >= 15 is 0 Å². The molecule has 6 nitrogen and oxygen atoms in total. The summed E-state index contributed by atoms with van der Waals surface area (Å²) in [5.41, 5.74) is 4.77. The lowest BCUT2D eigenvalue weighted by Crippen LogP contribution is -2.25. The van der Waals surface area contributed by atoms with Gasteiger partial charge in [-0.3, -0.25) is 14.6 Å². The Balaban J connectivity index is 1.68. The van der Waals surface area contributed by atoms with E-state index in [1.807, 2.05) is 41.0 Å². The maximum atomic E-state index is 12.7. The monoisotopic (exact) mass is 356 g/mol. The molecule has 6 heteroatoms. The number of carbonyl (C=O) groups excluding carboxylic acids is 1. The van der Waals surface area contributed by atoms with Crippen molar-refractivity contribution in [2.75, 3.05) is 0 Å². The second-order valence-electron chi connectivity index (χ2n) is 6.02. The summed E-state index contributed by atoms with van der Waals surface area (Å²) >= 11 is 0. The van der Waals surface area contributed by atoms with E-state index in [4.69, 9.17) is 0 Å². The molecule has 0 unspecified atom stereocenters. The number of para-hydroxylation sites is 2. The lowest BCUT2D eigenvalue weighted by Gasteiger charge is -2.14. The van der Waals surface area contributed by atoms with E-state index in [1.165, 1.54) is 0 Å². The number of hydrazone groups is 1. The minimum Gasteiger partial charge on any atom is -0.331 e. The topological polar surface area (TPSA) is 76.3 Å². The molecule has 0 fully saturated rings. The van der Waals surface area contributed by atoms with E-state index in [-0.39, 0.29) is 17.9 Å². The van der Waals surface area contributed by atoms with Crippen molar-refractivity contribution in [1.82, 2.24) is 15.0 Å². The fourth-order valence-corrected chi connectivity index (χ4v) is 3.05. The molecule has 0 aliphatic heterocycles. The van der Waals surface area contributed by atoms with Gasteiger partial charge in [0.05, 0.1) is 17.2 Å². The van der Waals surface area contributed by atoms with E-state index in [0.29, 0.717) is 10.8 Å². The largest absolute Gasteiger partial charge is 0.331 e. The number of amides is 1. The molecule has 0 saturated heterocycles. The average Bonchev–Trinajstić information content (AvgIpc) is 2.72. The lowest BCUT2D eigenvalue weighted by atomic mass is 10.1. The Bertz CT molecular complexity index is 1150. The van der Waals surface area contributed by atoms with Gasteiger partial charge >= 0.3 is 0 Å². The molecule has 27 heavy (non-hydrogen) atoms. The molecule has 0 atom stereocenters. The van der Waals surface area contributed by atoms with Gasteiger partial charge in [0.15, 0.2) is 5.43 Å². The Hall–Kier alpha value is -3.80. The van der Waals surface area contributed by atoms with Gasteiger partial charge in [0.25, 0.3) is 5.91 Å². The highest BCUT2D eigenvalue weighted by Gasteiger charge is 2.12. The lowest BCUT2D eigenvalue weighted by molar-refractivity contribution is -0.121. The first-order valence-corrected chi connectivity index (χ1v) is 8.46. The molecule has 0 spiro atoms. The quantitative estimate of drug-likeness (QED) is 0.347. The molecule has 2 aromatic carbocycles. The summed E-state index contributed by atoms with van der Waals surface area (Å²) in [6, 6.07) is 18.2. The van der Waals surface area contributed by atoms with E-state index < -0.39 is 0 Å². The van der Waals surface area contributed by atoms with Gasteiger partial charge in [-0.25, -0.2) is 5.43 Å². The normalized spacial score (nSPS) is 11.3. The second kappa shape index (κ2) is 7.21. The van der Waals surface area contributed by atoms with E-state index in [0.717, 1.165) is 16.6 Å². The number of pyridine rings is 2. The van der Waals surface area contributed by atoms with Crippen molar-refractivity contribution in [3.63, 3.8) is 0 Å². The van der Waals surface area contributed by atoms with Crippen LogP contribution in [-0.2, 0) is 11.3 Å². The molecule has 4 aromatic rings. The fraction of sp³-hybridized carbons (Fsp3) is 0.0476. The Morgan fingerprint density at radius 3 is 2.19 bits per heavy atom. The Morgan fingerprint density at radius 1 is 0.963 bits per heavy atom. The van der Waals surface area contributed by atoms with Crippen LogP contribution in [0, 0.1) is 0 Å². The average molecular weight is 356 g/mol. The number of benzene rings is 2. The molecule has 1 N–H and O–H groups in total. The first-order chi connectivity index (χ1) is 13.2. The zero-order valence-corrected chi connectivity index (χ0v) is 14.4. The molecule has 2 heterocycles. The third-order valence-corrected chi connectivity index (χ3v) is 4.29. The molecule has 2 aromatic heterocycles. The molecule has 0 aliphatic carbocycles. The number of hydrogen-bond donors (Lipinski definition) is 1. The van der Waals surface area contributed by atoms with Crippen molar-refractivity contribution in [1.29, 1.82) is 0 Å². The fourth-order valence-electron chi connectivity index (χ4n) is 3.05. The third kappa shape index (κ3) is 3.32. The first-order valence-electron chi connectivity index (χ1n) is 8.46. The summed E-state index contributed by atoms with van der Waals surface area (Å²) in [6.07, 6.45) is 4.87. The van der Waals surface area contributed by atoms with Crippen LogP contribution in [0.1, 0.15) is 5.56 Å². The van der Waals surface area contributed by atoms with Gasteiger partial charge in [-0.2, -0.15) is 5.10 Å². The number of hydrogen-bond acceptors (Lipinski definition) is 4. The molecular weight excluding hydrogens is 340 g/mol. The van der Waals surface area contributed by atoms with Crippen LogP contribution in [0.3, 0.4) is 0 Å². The highest BCUT2D eigenvalue weighted by atomic mass is 16.2. The highest BCUT2D eigenvalue weighted by molar-refractivity contribution is 5.95. The van der Waals surface area contributed by atoms with Crippen LogP contribution in [0.5, 0.6) is 0 Å². The van der Waals surface area contributed by atoms with Gasteiger partial charge in [-0.1, -0.05) is 24.3 Å². The molecule has 4 rings (SSSR count). The van der Waals surface area contributed by atoms with Crippen LogP contribution in [0.15, 0.2) is 83.0 Å². The second-order valence-corrected chi connectivity index (χ2v) is 6.02. The van der Waals surface area contributed by atoms with Crippen molar-refractivity contribution in [3.8, 4) is 0 Å². The third-order valence-electron chi connectivity index (χ3n) is 4.29. The van der Waals surface area contributed by atoms with Crippen molar-refractivity contribution in [2.45, 2.75) is 6.54 Å². The first kappa shape index (κ1) is 16.7. The molecule has 0 aliphatic rings. The van der Waals surface area contributed by atoms with Crippen molar-refractivity contribution in [3.05, 3.63) is 88.8 Å². The molecule has 0 bridgehead atoms. The summed E-state index contributed by atoms with van der Waals surface area (Å²) in [5, 5.41) is 5.16. The summed E-state index contributed by atoms with van der Waals surface area (Å²) < 4.78 is 1.84. The van der Waals surface area contributed by atoms with Gasteiger partial charge in [0.1, 0.15) is 6.54 Å². The highest BCUT2D eigenvalue weighted by Crippen LogP contribution is 2.18. The van der Waals surface area contributed by atoms with Gasteiger partial charge in [0.2, 0.25) is 0 Å². The predicted octanol–water partition coefficient (Wildman–Crippen LogP) is 2.70. The van der Waals surface area contributed by atoms with Gasteiger partial charge in [-0.15, -0.1) is 0 Å². The maximum absolute atomic E-state index is 12.7. The number of nitrogens with zero attached hydrogens (tertiary/aromatic N) is 3. The summed E-state index contributed by atoms with van der Waals surface area (Å²) in [5.74, 6) is -0.278. The molecular formula is C21H16N4O2. The Morgan fingerprint density at radius 2 is 1.56 bits per heavy atom. The molecule has 1 amide bonds.